The van der Waals surface area contributed by atoms with E-state index >= 15 is 0 Å². The Hall–Kier alpha value is -1.93. The Morgan fingerprint density at radius 1 is 1.30 bits per heavy atom. The van der Waals surface area contributed by atoms with Gasteiger partial charge < -0.3 is 19.3 Å². The van der Waals surface area contributed by atoms with E-state index in [1.54, 1.807) is 6.92 Å². The Kier molecular flexibility index (Phi) is 4.63. The van der Waals surface area contributed by atoms with E-state index in [0.717, 1.165) is 25.7 Å². The second kappa shape index (κ2) is 6.67. The predicted molar refractivity (Wildman–Crippen MR) is 79.5 cm³/mol. The van der Waals surface area contributed by atoms with Gasteiger partial charge in [-0.3, -0.25) is 14.9 Å². The van der Waals surface area contributed by atoms with E-state index < -0.39 is 17.6 Å². The monoisotopic (exact) mass is 323 g/mol. The van der Waals surface area contributed by atoms with Crippen LogP contribution < -0.4 is 10.6 Å². The second-order valence-electron chi connectivity index (χ2n) is 6.01. The molecule has 3 rings (SSSR count). The molecule has 8 nitrogen and oxygen atoms in total. The minimum Gasteiger partial charge on any atom is -0.360 e. The first-order valence-electron chi connectivity index (χ1n) is 7.91. The van der Waals surface area contributed by atoms with Crippen LogP contribution >= 0.6 is 0 Å². The van der Waals surface area contributed by atoms with Crippen molar-refractivity contribution < 1.29 is 23.6 Å². The molecule has 0 bridgehead atoms. The van der Waals surface area contributed by atoms with Gasteiger partial charge in [0.25, 0.3) is 0 Å². The smallest absolute Gasteiger partial charge is 0.314 e. The topological polar surface area (TPSA) is 103 Å². The molecule has 0 radical (unpaired) electrons. The van der Waals surface area contributed by atoms with Crippen LogP contribution in [0.4, 0.5) is 5.82 Å². The highest BCUT2D eigenvalue weighted by molar-refractivity contribution is 6.39. The fourth-order valence-corrected chi connectivity index (χ4v) is 2.96. The lowest BCUT2D eigenvalue weighted by molar-refractivity contribution is -0.186. The molecule has 1 spiro atoms. The van der Waals surface area contributed by atoms with Crippen molar-refractivity contribution in [2.24, 2.45) is 0 Å². The maximum atomic E-state index is 11.8. The molecule has 1 aromatic heterocycles. The van der Waals surface area contributed by atoms with Crippen LogP contribution in [0.15, 0.2) is 10.6 Å². The molecular formula is C15H21N3O5. The molecule has 126 valence electrons. The van der Waals surface area contributed by atoms with E-state index in [-0.39, 0.29) is 18.5 Å². The van der Waals surface area contributed by atoms with Gasteiger partial charge in [-0.15, -0.1) is 0 Å². The lowest BCUT2D eigenvalue weighted by Gasteiger charge is -2.31. The fourth-order valence-electron chi connectivity index (χ4n) is 2.96. The molecule has 2 aliphatic rings. The van der Waals surface area contributed by atoms with Gasteiger partial charge in [0.1, 0.15) is 11.9 Å². The Labute approximate surface area is 133 Å². The third kappa shape index (κ3) is 3.89. The third-order valence-corrected chi connectivity index (χ3v) is 4.10. The molecule has 1 saturated carbocycles. The fraction of sp³-hybridized carbons (Fsp3) is 0.667. The molecule has 23 heavy (non-hydrogen) atoms. The number of carbonyl (C=O) groups excluding carboxylic acids is 2. The number of aryl methyl sites for hydroxylation is 1. The largest absolute Gasteiger partial charge is 0.360 e. The lowest BCUT2D eigenvalue weighted by atomic mass is 9.94. The number of hydrogen-bond acceptors (Lipinski definition) is 6. The molecule has 1 aromatic rings. The average Bonchev–Trinajstić information content (AvgIpc) is 3.12. The van der Waals surface area contributed by atoms with Crippen LogP contribution in [0.2, 0.25) is 0 Å². The molecule has 1 saturated heterocycles. The van der Waals surface area contributed by atoms with Gasteiger partial charge in [0, 0.05) is 25.5 Å². The number of ether oxygens (including phenoxy) is 2. The summed E-state index contributed by atoms with van der Waals surface area (Å²) >= 11 is 0. The highest BCUT2D eigenvalue weighted by atomic mass is 16.7. The number of aromatic nitrogens is 1. The van der Waals surface area contributed by atoms with Crippen molar-refractivity contribution in [1.82, 2.24) is 10.5 Å². The van der Waals surface area contributed by atoms with Crippen molar-refractivity contribution in [2.75, 3.05) is 18.5 Å². The summed E-state index contributed by atoms with van der Waals surface area (Å²) < 4.78 is 16.6. The highest BCUT2D eigenvalue weighted by Gasteiger charge is 2.42. The molecule has 2 amide bonds. The van der Waals surface area contributed by atoms with E-state index in [1.807, 2.05) is 0 Å². The summed E-state index contributed by atoms with van der Waals surface area (Å²) in [6.45, 7) is 2.37. The molecule has 2 N–H and O–H groups in total. The molecule has 8 heteroatoms. The zero-order valence-electron chi connectivity index (χ0n) is 13.1. The van der Waals surface area contributed by atoms with Crippen molar-refractivity contribution in [1.29, 1.82) is 0 Å². The Balaban J connectivity index is 1.43. The second-order valence-corrected chi connectivity index (χ2v) is 6.01. The molecule has 2 heterocycles. The van der Waals surface area contributed by atoms with Gasteiger partial charge in [-0.2, -0.15) is 0 Å². The van der Waals surface area contributed by atoms with E-state index in [1.165, 1.54) is 12.5 Å². The van der Waals surface area contributed by atoms with Gasteiger partial charge in [-0.05, 0) is 19.8 Å². The SMILES string of the molecule is Cc1cc(NC(=O)C(=O)NC[C@H]2COC3(CCCCC3)O2)no1. The Morgan fingerprint density at radius 2 is 2.09 bits per heavy atom. The summed E-state index contributed by atoms with van der Waals surface area (Å²) in [6, 6.07) is 1.53. The van der Waals surface area contributed by atoms with Crippen molar-refractivity contribution >= 4 is 17.6 Å². The molecular weight excluding hydrogens is 302 g/mol. The highest BCUT2D eigenvalue weighted by Crippen LogP contribution is 2.37. The van der Waals surface area contributed by atoms with Gasteiger partial charge >= 0.3 is 11.8 Å². The average molecular weight is 323 g/mol. The summed E-state index contributed by atoms with van der Waals surface area (Å²) in [5.74, 6) is -1.24. The Morgan fingerprint density at radius 3 is 2.78 bits per heavy atom. The van der Waals surface area contributed by atoms with Crippen molar-refractivity contribution in [3.05, 3.63) is 11.8 Å². The normalized spacial score (nSPS) is 22.9. The van der Waals surface area contributed by atoms with Gasteiger partial charge in [0.15, 0.2) is 11.6 Å². The van der Waals surface area contributed by atoms with Crippen LogP contribution in [0, 0.1) is 6.92 Å². The summed E-state index contributed by atoms with van der Waals surface area (Å²) in [5.41, 5.74) is 0. The van der Waals surface area contributed by atoms with Crippen molar-refractivity contribution in [3.63, 3.8) is 0 Å². The van der Waals surface area contributed by atoms with Gasteiger partial charge in [0.2, 0.25) is 0 Å². The number of carbonyl (C=O) groups is 2. The standard InChI is InChI=1S/C15H21N3O5/c1-10-7-12(18-23-10)17-14(20)13(19)16-8-11-9-21-15(22-11)5-3-2-4-6-15/h7,11H,2-6,8-9H2,1H3,(H,16,19)(H,17,18,20)/t11-/m0/s1. The zero-order chi connectivity index (χ0) is 16.3. The van der Waals surface area contributed by atoms with Gasteiger partial charge in [0.05, 0.1) is 6.61 Å². The number of nitrogens with one attached hydrogen (secondary N) is 2. The predicted octanol–water partition coefficient (Wildman–Crippen LogP) is 1.11. The minimum absolute atomic E-state index is 0.212. The number of anilines is 1. The Bertz CT molecular complexity index is 579. The van der Waals surface area contributed by atoms with E-state index in [0.29, 0.717) is 12.4 Å². The van der Waals surface area contributed by atoms with Crippen molar-refractivity contribution in [3.8, 4) is 0 Å². The van der Waals surface area contributed by atoms with Gasteiger partial charge in [-0.1, -0.05) is 11.6 Å². The summed E-state index contributed by atoms with van der Waals surface area (Å²) in [7, 11) is 0. The van der Waals surface area contributed by atoms with Crippen LogP contribution in [0.5, 0.6) is 0 Å². The number of nitrogens with zero attached hydrogens (tertiary/aromatic N) is 1. The van der Waals surface area contributed by atoms with Gasteiger partial charge in [-0.25, -0.2) is 0 Å². The van der Waals surface area contributed by atoms with E-state index in [4.69, 9.17) is 14.0 Å². The number of hydrogen-bond donors (Lipinski definition) is 2. The maximum absolute atomic E-state index is 11.8. The van der Waals surface area contributed by atoms with E-state index in [9.17, 15) is 9.59 Å². The molecule has 1 aliphatic heterocycles. The van der Waals surface area contributed by atoms with Crippen LogP contribution in [0.25, 0.3) is 0 Å². The molecule has 1 atom stereocenters. The first kappa shape index (κ1) is 15.9. The first-order valence-corrected chi connectivity index (χ1v) is 7.91. The third-order valence-electron chi connectivity index (χ3n) is 4.10. The quantitative estimate of drug-likeness (QED) is 0.808. The zero-order valence-corrected chi connectivity index (χ0v) is 13.1. The number of rotatable bonds is 3. The van der Waals surface area contributed by atoms with Crippen LogP contribution in [-0.4, -0.2) is 42.0 Å². The lowest BCUT2D eigenvalue weighted by Crippen LogP contribution is -2.41. The van der Waals surface area contributed by atoms with Crippen LogP contribution in [0.1, 0.15) is 37.9 Å². The maximum Gasteiger partial charge on any atom is 0.314 e. The van der Waals surface area contributed by atoms with Crippen molar-refractivity contribution in [2.45, 2.75) is 50.9 Å². The summed E-state index contributed by atoms with van der Waals surface area (Å²) in [5, 5.41) is 8.53. The van der Waals surface area contributed by atoms with Crippen LogP contribution in [-0.2, 0) is 19.1 Å². The summed E-state index contributed by atoms with van der Waals surface area (Å²) in [6.07, 6.45) is 4.96. The minimum atomic E-state index is -0.787. The molecule has 2 fully saturated rings. The summed E-state index contributed by atoms with van der Waals surface area (Å²) in [4.78, 5) is 23.5. The first-order chi connectivity index (χ1) is 11.1. The molecule has 1 aliphatic carbocycles. The molecule has 0 unspecified atom stereocenters. The number of amides is 2. The van der Waals surface area contributed by atoms with Crippen LogP contribution in [0.3, 0.4) is 0 Å². The van der Waals surface area contributed by atoms with E-state index in [2.05, 4.69) is 15.8 Å². The molecule has 0 aromatic carbocycles.